The van der Waals surface area contributed by atoms with Crippen LogP contribution in [0.2, 0.25) is 0 Å². The first kappa shape index (κ1) is 14.7. The van der Waals surface area contributed by atoms with Crippen LogP contribution >= 0.6 is 0 Å². The van der Waals surface area contributed by atoms with Gasteiger partial charge in [0.2, 0.25) is 0 Å². The molecule has 18 heavy (non-hydrogen) atoms. The van der Waals surface area contributed by atoms with Crippen molar-refractivity contribution in [2.45, 2.75) is 26.4 Å². The summed E-state index contributed by atoms with van der Waals surface area (Å²) in [6.45, 7) is 9.51. The van der Waals surface area contributed by atoms with Gasteiger partial charge in [-0.05, 0) is 31.9 Å². The van der Waals surface area contributed by atoms with Gasteiger partial charge in [-0.15, -0.1) is 6.58 Å². The minimum atomic E-state index is -0.319. The Labute approximate surface area is 109 Å². The van der Waals surface area contributed by atoms with Gasteiger partial charge in [0.05, 0.1) is 6.10 Å². The van der Waals surface area contributed by atoms with Crippen molar-refractivity contribution in [3.63, 3.8) is 0 Å². The predicted molar refractivity (Wildman–Crippen MR) is 75.1 cm³/mol. The number of aliphatic hydroxyl groups is 1. The molecule has 0 heterocycles. The Morgan fingerprint density at radius 1 is 1.50 bits per heavy atom. The van der Waals surface area contributed by atoms with E-state index in [1.165, 1.54) is 11.1 Å². The minimum absolute atomic E-state index is 0.319. The van der Waals surface area contributed by atoms with Gasteiger partial charge in [0.25, 0.3) is 0 Å². The smallest absolute Gasteiger partial charge is 0.122 e. The molecule has 0 aliphatic rings. The van der Waals surface area contributed by atoms with Crippen molar-refractivity contribution in [1.29, 1.82) is 0 Å². The molecular formula is C15H23NO2. The first-order valence-corrected chi connectivity index (χ1v) is 6.35. The SMILES string of the molecule is C=CCc1cc(C)ccc1OCCNCC(C)O. The number of rotatable bonds is 8. The van der Waals surface area contributed by atoms with Gasteiger partial charge in [-0.1, -0.05) is 23.8 Å². The molecule has 3 heteroatoms. The van der Waals surface area contributed by atoms with E-state index in [4.69, 9.17) is 9.84 Å². The normalized spacial score (nSPS) is 12.2. The zero-order chi connectivity index (χ0) is 13.4. The van der Waals surface area contributed by atoms with Crippen molar-refractivity contribution in [2.24, 2.45) is 0 Å². The Kier molecular flexibility index (Phi) is 6.47. The summed E-state index contributed by atoms with van der Waals surface area (Å²) < 4.78 is 5.73. The van der Waals surface area contributed by atoms with Crippen LogP contribution < -0.4 is 10.1 Å². The maximum absolute atomic E-state index is 9.10. The van der Waals surface area contributed by atoms with E-state index >= 15 is 0 Å². The van der Waals surface area contributed by atoms with Crippen molar-refractivity contribution < 1.29 is 9.84 Å². The molecule has 0 aromatic heterocycles. The van der Waals surface area contributed by atoms with Gasteiger partial charge in [-0.3, -0.25) is 0 Å². The van der Waals surface area contributed by atoms with E-state index in [1.54, 1.807) is 6.92 Å². The van der Waals surface area contributed by atoms with Crippen molar-refractivity contribution in [3.8, 4) is 5.75 Å². The molecule has 0 aliphatic heterocycles. The second-order valence-corrected chi connectivity index (χ2v) is 4.51. The number of hydrogen-bond acceptors (Lipinski definition) is 3. The highest BCUT2D eigenvalue weighted by molar-refractivity contribution is 5.38. The zero-order valence-electron chi connectivity index (χ0n) is 11.3. The third-order valence-corrected chi connectivity index (χ3v) is 2.56. The van der Waals surface area contributed by atoms with E-state index in [0.29, 0.717) is 13.2 Å². The minimum Gasteiger partial charge on any atom is -0.492 e. The molecule has 1 aromatic rings. The van der Waals surface area contributed by atoms with Gasteiger partial charge in [0.1, 0.15) is 12.4 Å². The van der Waals surface area contributed by atoms with Crippen molar-refractivity contribution in [1.82, 2.24) is 5.32 Å². The highest BCUT2D eigenvalue weighted by Crippen LogP contribution is 2.20. The number of ether oxygens (including phenoxy) is 1. The monoisotopic (exact) mass is 249 g/mol. The number of hydrogen-bond donors (Lipinski definition) is 2. The van der Waals surface area contributed by atoms with Crippen LogP contribution in [0.15, 0.2) is 30.9 Å². The Hall–Kier alpha value is -1.32. The molecule has 0 amide bonds. The molecule has 0 spiro atoms. The molecule has 2 N–H and O–H groups in total. The van der Waals surface area contributed by atoms with Gasteiger partial charge in [0, 0.05) is 13.1 Å². The summed E-state index contributed by atoms with van der Waals surface area (Å²) in [7, 11) is 0. The standard InChI is InChI=1S/C15H23NO2/c1-4-5-14-10-12(2)6-7-15(14)18-9-8-16-11-13(3)17/h4,6-7,10,13,16-17H,1,5,8-9,11H2,2-3H3. The Morgan fingerprint density at radius 3 is 2.94 bits per heavy atom. The number of aliphatic hydroxyl groups excluding tert-OH is 1. The summed E-state index contributed by atoms with van der Waals surface area (Å²) >= 11 is 0. The number of nitrogens with one attached hydrogen (secondary N) is 1. The van der Waals surface area contributed by atoms with E-state index < -0.39 is 0 Å². The van der Waals surface area contributed by atoms with Crippen LogP contribution in [-0.2, 0) is 6.42 Å². The lowest BCUT2D eigenvalue weighted by Crippen LogP contribution is -2.28. The van der Waals surface area contributed by atoms with Crippen LogP contribution in [0.1, 0.15) is 18.1 Å². The molecule has 1 atom stereocenters. The highest BCUT2D eigenvalue weighted by atomic mass is 16.5. The fraction of sp³-hybridized carbons (Fsp3) is 0.467. The maximum Gasteiger partial charge on any atom is 0.122 e. The maximum atomic E-state index is 9.10. The van der Waals surface area contributed by atoms with E-state index in [1.807, 2.05) is 18.2 Å². The molecule has 100 valence electrons. The van der Waals surface area contributed by atoms with Crippen LogP contribution in [0.4, 0.5) is 0 Å². The quantitative estimate of drug-likeness (QED) is 0.547. The summed E-state index contributed by atoms with van der Waals surface area (Å²) in [6.07, 6.45) is 2.38. The van der Waals surface area contributed by atoms with Crippen LogP contribution in [0.3, 0.4) is 0 Å². The molecular weight excluding hydrogens is 226 g/mol. The summed E-state index contributed by atoms with van der Waals surface area (Å²) in [5.41, 5.74) is 2.40. The topological polar surface area (TPSA) is 41.5 Å². The molecule has 0 saturated carbocycles. The number of allylic oxidation sites excluding steroid dienone is 1. The van der Waals surface area contributed by atoms with Crippen LogP contribution in [0.25, 0.3) is 0 Å². The fourth-order valence-electron chi connectivity index (χ4n) is 1.71. The molecule has 0 aliphatic carbocycles. The number of aryl methyl sites for hydroxylation is 1. The third-order valence-electron chi connectivity index (χ3n) is 2.56. The Balaban J connectivity index is 2.43. The van der Waals surface area contributed by atoms with E-state index in [2.05, 4.69) is 24.9 Å². The molecule has 1 rings (SSSR count). The lowest BCUT2D eigenvalue weighted by atomic mass is 10.1. The van der Waals surface area contributed by atoms with Crippen LogP contribution in [0, 0.1) is 6.92 Å². The summed E-state index contributed by atoms with van der Waals surface area (Å²) in [6, 6.07) is 6.17. The highest BCUT2D eigenvalue weighted by Gasteiger charge is 2.02. The fourth-order valence-corrected chi connectivity index (χ4v) is 1.71. The zero-order valence-corrected chi connectivity index (χ0v) is 11.3. The molecule has 0 bridgehead atoms. The van der Waals surface area contributed by atoms with Crippen LogP contribution in [0.5, 0.6) is 5.75 Å². The van der Waals surface area contributed by atoms with Gasteiger partial charge >= 0.3 is 0 Å². The number of benzene rings is 1. The average Bonchev–Trinajstić information content (AvgIpc) is 2.31. The Bertz CT molecular complexity index is 375. The molecule has 1 aromatic carbocycles. The van der Waals surface area contributed by atoms with E-state index in [0.717, 1.165) is 18.7 Å². The lowest BCUT2D eigenvalue weighted by molar-refractivity contribution is 0.188. The second-order valence-electron chi connectivity index (χ2n) is 4.51. The Morgan fingerprint density at radius 2 is 2.28 bits per heavy atom. The average molecular weight is 249 g/mol. The summed E-state index contributed by atoms with van der Waals surface area (Å²) in [4.78, 5) is 0. The second kappa shape index (κ2) is 7.90. The third kappa shape index (κ3) is 5.34. The van der Waals surface area contributed by atoms with Crippen molar-refractivity contribution >= 4 is 0 Å². The van der Waals surface area contributed by atoms with Gasteiger partial charge in [-0.25, -0.2) is 0 Å². The lowest BCUT2D eigenvalue weighted by Gasteiger charge is -2.12. The first-order valence-electron chi connectivity index (χ1n) is 6.35. The predicted octanol–water partition coefficient (Wildman–Crippen LogP) is 2.07. The van der Waals surface area contributed by atoms with Gasteiger partial charge in [-0.2, -0.15) is 0 Å². The molecule has 0 saturated heterocycles. The van der Waals surface area contributed by atoms with E-state index in [-0.39, 0.29) is 6.10 Å². The van der Waals surface area contributed by atoms with Gasteiger partial charge in [0.15, 0.2) is 0 Å². The van der Waals surface area contributed by atoms with Crippen LogP contribution in [-0.4, -0.2) is 30.9 Å². The van der Waals surface area contributed by atoms with Crippen molar-refractivity contribution in [2.75, 3.05) is 19.7 Å². The molecule has 3 nitrogen and oxygen atoms in total. The molecule has 0 fully saturated rings. The molecule has 1 unspecified atom stereocenters. The largest absolute Gasteiger partial charge is 0.492 e. The summed E-state index contributed by atoms with van der Waals surface area (Å²) in [5, 5.41) is 12.2. The first-order chi connectivity index (χ1) is 8.63. The van der Waals surface area contributed by atoms with Crippen molar-refractivity contribution in [3.05, 3.63) is 42.0 Å². The van der Waals surface area contributed by atoms with E-state index in [9.17, 15) is 0 Å². The van der Waals surface area contributed by atoms with Gasteiger partial charge < -0.3 is 15.2 Å². The summed E-state index contributed by atoms with van der Waals surface area (Å²) in [5.74, 6) is 0.916. The molecule has 0 radical (unpaired) electrons.